The first kappa shape index (κ1) is 22.5. The molecule has 1 fully saturated rings. The number of benzene rings is 1. The third-order valence-corrected chi connectivity index (χ3v) is 6.68. The molecular formula is C25H35N5O2. The molecule has 1 aromatic heterocycles. The average molecular weight is 438 g/mol. The summed E-state index contributed by atoms with van der Waals surface area (Å²) in [5, 5.41) is 3.59. The Morgan fingerprint density at radius 3 is 2.84 bits per heavy atom. The van der Waals surface area contributed by atoms with E-state index in [0.29, 0.717) is 12.5 Å². The molecular weight excluding hydrogens is 402 g/mol. The van der Waals surface area contributed by atoms with Gasteiger partial charge in [0.25, 0.3) is 0 Å². The number of anilines is 1. The summed E-state index contributed by atoms with van der Waals surface area (Å²) >= 11 is 0. The Kier molecular flexibility index (Phi) is 6.94. The van der Waals surface area contributed by atoms with Crippen LogP contribution in [-0.4, -0.2) is 66.0 Å². The highest BCUT2D eigenvalue weighted by atomic mass is 16.5. The number of methoxy groups -OCH3 is 1. The van der Waals surface area contributed by atoms with E-state index in [-0.39, 0.29) is 5.91 Å². The van der Waals surface area contributed by atoms with Gasteiger partial charge >= 0.3 is 0 Å². The summed E-state index contributed by atoms with van der Waals surface area (Å²) in [5.74, 6) is 3.24. The van der Waals surface area contributed by atoms with Gasteiger partial charge in [0.1, 0.15) is 17.4 Å². The van der Waals surface area contributed by atoms with E-state index in [1.54, 1.807) is 14.0 Å². The van der Waals surface area contributed by atoms with Gasteiger partial charge in [-0.25, -0.2) is 9.97 Å². The summed E-state index contributed by atoms with van der Waals surface area (Å²) in [4.78, 5) is 26.3. The number of amides is 1. The first-order valence-electron chi connectivity index (χ1n) is 11.7. The van der Waals surface area contributed by atoms with Crippen molar-refractivity contribution >= 4 is 11.7 Å². The number of fused-ring (bicyclic) bond motifs is 1. The van der Waals surface area contributed by atoms with Crippen molar-refractivity contribution in [3.8, 4) is 5.75 Å². The number of likely N-dealkylation sites (N-methyl/N-ethyl adjacent to an activating group) is 1. The number of aromatic nitrogens is 2. The summed E-state index contributed by atoms with van der Waals surface area (Å²) in [6.07, 6.45) is 3.99. The highest BCUT2D eigenvalue weighted by molar-refractivity contribution is 5.74. The van der Waals surface area contributed by atoms with Crippen molar-refractivity contribution in [1.82, 2.24) is 19.8 Å². The number of hydrogen-bond donors (Lipinski definition) is 1. The fourth-order valence-corrected chi connectivity index (χ4v) is 4.83. The zero-order valence-electron chi connectivity index (χ0n) is 19.8. The van der Waals surface area contributed by atoms with E-state index in [1.807, 2.05) is 11.0 Å². The van der Waals surface area contributed by atoms with E-state index in [9.17, 15) is 4.79 Å². The Hall–Kier alpha value is -2.67. The first-order valence-corrected chi connectivity index (χ1v) is 11.7. The average Bonchev–Trinajstić information content (AvgIpc) is 2.78. The van der Waals surface area contributed by atoms with Crippen LogP contribution in [0.2, 0.25) is 0 Å². The number of hydrogen-bond acceptors (Lipinski definition) is 6. The fourth-order valence-electron chi connectivity index (χ4n) is 4.83. The number of likely N-dealkylation sites (tertiary alicyclic amines) is 1. The normalized spacial score (nSPS) is 18.9. The van der Waals surface area contributed by atoms with Gasteiger partial charge in [0.15, 0.2) is 0 Å². The first-order chi connectivity index (χ1) is 15.4. The van der Waals surface area contributed by atoms with Gasteiger partial charge in [-0.3, -0.25) is 4.79 Å². The number of carbonyl (C=O) groups excluding carboxylic acids is 1. The molecule has 0 saturated carbocycles. The molecule has 2 aromatic rings. The molecule has 32 heavy (non-hydrogen) atoms. The number of nitrogens with zero attached hydrogens (tertiary/aromatic N) is 4. The second-order valence-corrected chi connectivity index (χ2v) is 9.13. The van der Waals surface area contributed by atoms with Crippen LogP contribution in [0.3, 0.4) is 0 Å². The maximum absolute atomic E-state index is 12.0. The Morgan fingerprint density at radius 2 is 2.12 bits per heavy atom. The molecule has 0 aliphatic carbocycles. The van der Waals surface area contributed by atoms with Crippen LogP contribution < -0.4 is 10.1 Å². The standard InChI is InChI=1S/C25H35N5O2/c1-17-14-19(7-8-23(17)32-4)9-11-26-25-21-16-30(18(2)31)13-10-22(21)27-24(28-25)20-6-5-12-29(3)15-20/h7-8,14,20H,5-6,9-13,15-16H2,1-4H3,(H,26,27,28). The van der Waals surface area contributed by atoms with Gasteiger partial charge in [0.05, 0.1) is 19.3 Å². The smallest absolute Gasteiger partial charge is 0.219 e. The Morgan fingerprint density at radius 1 is 1.28 bits per heavy atom. The molecule has 172 valence electrons. The molecule has 4 rings (SSSR count). The lowest BCUT2D eigenvalue weighted by atomic mass is 9.96. The topological polar surface area (TPSA) is 70.6 Å². The van der Waals surface area contributed by atoms with E-state index in [1.165, 1.54) is 12.0 Å². The summed E-state index contributed by atoms with van der Waals surface area (Å²) < 4.78 is 5.38. The van der Waals surface area contributed by atoms with Crippen molar-refractivity contribution in [3.05, 3.63) is 46.4 Å². The summed E-state index contributed by atoms with van der Waals surface area (Å²) in [6.45, 7) is 7.94. The highest BCUT2D eigenvalue weighted by Gasteiger charge is 2.27. The zero-order chi connectivity index (χ0) is 22.7. The summed E-state index contributed by atoms with van der Waals surface area (Å²) in [7, 11) is 3.87. The molecule has 0 spiro atoms. The molecule has 1 aromatic carbocycles. The van der Waals surface area contributed by atoms with Gasteiger partial charge in [-0.15, -0.1) is 0 Å². The van der Waals surface area contributed by atoms with E-state index in [4.69, 9.17) is 14.7 Å². The summed E-state index contributed by atoms with van der Waals surface area (Å²) in [6, 6.07) is 6.32. The SMILES string of the molecule is COc1ccc(CCNc2nc(C3CCCN(C)C3)nc3c2CN(C(C)=O)CC3)cc1C. The van der Waals surface area contributed by atoms with Gasteiger partial charge in [-0.2, -0.15) is 0 Å². The Labute approximate surface area is 191 Å². The predicted octanol–water partition coefficient (Wildman–Crippen LogP) is 3.16. The van der Waals surface area contributed by atoms with Gasteiger partial charge in [0.2, 0.25) is 5.91 Å². The van der Waals surface area contributed by atoms with Crippen molar-refractivity contribution in [1.29, 1.82) is 0 Å². The minimum Gasteiger partial charge on any atom is -0.496 e. The molecule has 1 unspecified atom stereocenters. The molecule has 1 amide bonds. The van der Waals surface area contributed by atoms with Crippen molar-refractivity contribution < 1.29 is 9.53 Å². The molecule has 2 aliphatic rings. The number of piperidine rings is 1. The van der Waals surface area contributed by atoms with Crippen molar-refractivity contribution in [2.45, 2.75) is 52.0 Å². The summed E-state index contributed by atoms with van der Waals surface area (Å²) in [5.41, 5.74) is 4.58. The van der Waals surface area contributed by atoms with Crippen LogP contribution in [0.5, 0.6) is 5.75 Å². The number of rotatable bonds is 6. The predicted molar refractivity (Wildman–Crippen MR) is 126 cm³/mol. The minimum absolute atomic E-state index is 0.105. The maximum Gasteiger partial charge on any atom is 0.219 e. The zero-order valence-corrected chi connectivity index (χ0v) is 19.8. The Balaban J connectivity index is 1.55. The monoisotopic (exact) mass is 437 g/mol. The lowest BCUT2D eigenvalue weighted by Crippen LogP contribution is -2.36. The second-order valence-electron chi connectivity index (χ2n) is 9.13. The van der Waals surface area contributed by atoms with Crippen LogP contribution in [0.4, 0.5) is 5.82 Å². The van der Waals surface area contributed by atoms with Gasteiger partial charge < -0.3 is 19.9 Å². The maximum atomic E-state index is 12.0. The highest BCUT2D eigenvalue weighted by Crippen LogP contribution is 2.30. The molecule has 2 aliphatic heterocycles. The molecule has 1 saturated heterocycles. The largest absolute Gasteiger partial charge is 0.496 e. The molecule has 0 radical (unpaired) electrons. The van der Waals surface area contributed by atoms with Crippen LogP contribution in [0, 0.1) is 6.92 Å². The third kappa shape index (κ3) is 5.04. The van der Waals surface area contributed by atoms with Crippen LogP contribution in [0.15, 0.2) is 18.2 Å². The van der Waals surface area contributed by atoms with E-state index in [0.717, 1.165) is 79.7 Å². The van der Waals surface area contributed by atoms with E-state index >= 15 is 0 Å². The molecule has 3 heterocycles. The van der Waals surface area contributed by atoms with Crippen molar-refractivity contribution in [3.63, 3.8) is 0 Å². The Bertz CT molecular complexity index is 977. The van der Waals surface area contributed by atoms with E-state index < -0.39 is 0 Å². The number of nitrogens with one attached hydrogen (secondary N) is 1. The molecule has 1 atom stereocenters. The molecule has 7 heteroatoms. The van der Waals surface area contributed by atoms with Gasteiger partial charge in [-0.1, -0.05) is 12.1 Å². The number of aryl methyl sites for hydroxylation is 1. The van der Waals surface area contributed by atoms with Crippen LogP contribution >= 0.6 is 0 Å². The van der Waals surface area contributed by atoms with Crippen molar-refractivity contribution in [2.75, 3.05) is 45.7 Å². The van der Waals surface area contributed by atoms with Crippen LogP contribution in [0.1, 0.15) is 53.9 Å². The van der Waals surface area contributed by atoms with Gasteiger partial charge in [-0.05, 0) is 57.0 Å². The van der Waals surface area contributed by atoms with Crippen LogP contribution in [-0.2, 0) is 24.2 Å². The lowest BCUT2D eigenvalue weighted by Gasteiger charge is -2.32. The van der Waals surface area contributed by atoms with Gasteiger partial charge in [0, 0.05) is 44.5 Å². The van der Waals surface area contributed by atoms with Crippen molar-refractivity contribution in [2.24, 2.45) is 0 Å². The quantitative estimate of drug-likeness (QED) is 0.749. The molecule has 0 bridgehead atoms. The number of ether oxygens (including phenoxy) is 1. The fraction of sp³-hybridized carbons (Fsp3) is 0.560. The number of carbonyl (C=O) groups is 1. The van der Waals surface area contributed by atoms with E-state index in [2.05, 4.69) is 36.3 Å². The second kappa shape index (κ2) is 9.86. The molecule has 7 nitrogen and oxygen atoms in total. The molecule has 1 N–H and O–H groups in total. The third-order valence-electron chi connectivity index (χ3n) is 6.68. The lowest BCUT2D eigenvalue weighted by molar-refractivity contribution is -0.129. The van der Waals surface area contributed by atoms with Crippen LogP contribution in [0.25, 0.3) is 0 Å². The minimum atomic E-state index is 0.105.